The largest absolute Gasteiger partial charge is 0.481 e. The van der Waals surface area contributed by atoms with Gasteiger partial charge in [-0.3, -0.25) is 9.59 Å². The molecule has 0 spiro atoms. The molecule has 1 atom stereocenters. The van der Waals surface area contributed by atoms with Crippen molar-refractivity contribution in [2.75, 3.05) is 26.3 Å². The topological polar surface area (TPSA) is 153 Å². The third kappa shape index (κ3) is 17.4. The predicted molar refractivity (Wildman–Crippen MR) is 59.5 cm³/mol. The van der Waals surface area contributed by atoms with Crippen molar-refractivity contribution >= 4 is 11.9 Å². The Morgan fingerprint density at radius 2 is 1.59 bits per heavy atom. The molecule has 8 nitrogen and oxygen atoms in total. The summed E-state index contributed by atoms with van der Waals surface area (Å²) >= 11 is 0. The lowest BCUT2D eigenvalue weighted by Gasteiger charge is -2.01. The molecule has 0 heterocycles. The van der Waals surface area contributed by atoms with Gasteiger partial charge in [0.05, 0.1) is 13.2 Å². The van der Waals surface area contributed by atoms with Crippen molar-refractivity contribution in [3.63, 3.8) is 0 Å². The standard InChI is InChI=1S/C5H9NO4.C4H11NO2/c6-3(5(9)10)1-2-4(7)8;6-3-1-5-2-4-7/h3H,1-2,6H2,(H,7,8)(H,9,10);5-7H,1-4H2. The third-order valence-corrected chi connectivity index (χ3v) is 1.56. The van der Waals surface area contributed by atoms with Gasteiger partial charge in [0.2, 0.25) is 0 Å². The number of carbonyl (C=O) groups is 2. The Balaban J connectivity index is 0. The van der Waals surface area contributed by atoms with Crippen LogP contribution in [0, 0.1) is 0 Å². The number of carboxylic acid groups (broad SMARTS) is 2. The van der Waals surface area contributed by atoms with Crippen molar-refractivity contribution in [2.45, 2.75) is 18.9 Å². The molecule has 1 unspecified atom stereocenters. The zero-order valence-corrected chi connectivity index (χ0v) is 9.50. The fourth-order valence-corrected chi connectivity index (χ4v) is 0.686. The summed E-state index contributed by atoms with van der Waals surface area (Å²) in [5, 5.41) is 35.4. The summed E-state index contributed by atoms with van der Waals surface area (Å²) in [6, 6.07) is -1.06. The average Bonchev–Trinajstić information content (AvgIpc) is 2.27. The van der Waals surface area contributed by atoms with E-state index in [1.165, 1.54) is 0 Å². The Bertz CT molecular complexity index is 208. The number of hydrogen-bond acceptors (Lipinski definition) is 6. The molecule has 0 bridgehead atoms. The van der Waals surface area contributed by atoms with Crippen LogP contribution < -0.4 is 11.1 Å². The molecule has 0 radical (unpaired) electrons. The van der Waals surface area contributed by atoms with Crippen LogP contribution in [0.3, 0.4) is 0 Å². The summed E-state index contributed by atoms with van der Waals surface area (Å²) in [4.78, 5) is 19.9. The van der Waals surface area contributed by atoms with E-state index in [2.05, 4.69) is 5.32 Å². The van der Waals surface area contributed by atoms with E-state index in [4.69, 9.17) is 26.2 Å². The Morgan fingerprint density at radius 1 is 1.12 bits per heavy atom. The van der Waals surface area contributed by atoms with Crippen LogP contribution >= 0.6 is 0 Å². The second kappa shape index (κ2) is 12.8. The highest BCUT2D eigenvalue weighted by Crippen LogP contribution is 1.93. The lowest BCUT2D eigenvalue weighted by Crippen LogP contribution is -2.30. The van der Waals surface area contributed by atoms with Gasteiger partial charge in [0.1, 0.15) is 6.04 Å². The Labute approximate surface area is 99.1 Å². The molecule has 0 aromatic rings. The zero-order chi connectivity index (χ0) is 13.7. The molecule has 0 aliphatic rings. The predicted octanol–water partition coefficient (Wildman–Crippen LogP) is -2.18. The maximum absolute atomic E-state index is 9.99. The second-order valence-electron chi connectivity index (χ2n) is 3.07. The van der Waals surface area contributed by atoms with Gasteiger partial charge in [-0.1, -0.05) is 0 Å². The van der Waals surface area contributed by atoms with E-state index in [-0.39, 0.29) is 26.1 Å². The molecule has 8 heteroatoms. The van der Waals surface area contributed by atoms with E-state index in [0.717, 1.165) is 0 Å². The first-order valence-electron chi connectivity index (χ1n) is 5.08. The normalized spacial score (nSPS) is 11.2. The first-order valence-corrected chi connectivity index (χ1v) is 5.08. The van der Waals surface area contributed by atoms with E-state index in [9.17, 15) is 9.59 Å². The van der Waals surface area contributed by atoms with Crippen molar-refractivity contribution in [3.05, 3.63) is 0 Å². The fraction of sp³-hybridized carbons (Fsp3) is 0.778. The van der Waals surface area contributed by atoms with Crippen LogP contribution in [0.5, 0.6) is 0 Å². The third-order valence-electron chi connectivity index (χ3n) is 1.56. The number of aliphatic hydroxyl groups is 2. The van der Waals surface area contributed by atoms with E-state index >= 15 is 0 Å². The van der Waals surface area contributed by atoms with Gasteiger partial charge < -0.3 is 31.5 Å². The average molecular weight is 252 g/mol. The minimum absolute atomic E-state index is 0.0231. The van der Waals surface area contributed by atoms with Crippen molar-refractivity contribution in [1.82, 2.24) is 5.32 Å². The van der Waals surface area contributed by atoms with Crippen LogP contribution in [0.1, 0.15) is 12.8 Å². The zero-order valence-electron chi connectivity index (χ0n) is 9.50. The van der Waals surface area contributed by atoms with E-state index in [1.807, 2.05) is 0 Å². The highest BCUT2D eigenvalue weighted by atomic mass is 16.4. The molecule has 0 aliphatic carbocycles. The molecule has 0 amide bonds. The molecule has 102 valence electrons. The summed E-state index contributed by atoms with van der Waals surface area (Å²) in [5.74, 6) is -2.20. The molecule has 0 saturated heterocycles. The lowest BCUT2D eigenvalue weighted by molar-refractivity contribution is -0.139. The molecule has 0 fully saturated rings. The number of nitrogens with one attached hydrogen (secondary N) is 1. The monoisotopic (exact) mass is 252 g/mol. The lowest BCUT2D eigenvalue weighted by atomic mass is 10.2. The van der Waals surface area contributed by atoms with Gasteiger partial charge in [-0.15, -0.1) is 0 Å². The minimum atomic E-state index is -1.17. The molecule has 0 saturated carbocycles. The number of rotatable bonds is 8. The summed E-state index contributed by atoms with van der Waals surface area (Å²) in [6.07, 6.45) is -0.224. The highest BCUT2D eigenvalue weighted by molar-refractivity contribution is 5.74. The summed E-state index contributed by atoms with van der Waals surface area (Å²) in [6.45, 7) is 1.42. The van der Waals surface area contributed by atoms with Crippen molar-refractivity contribution in [3.8, 4) is 0 Å². The van der Waals surface area contributed by atoms with Crippen molar-refractivity contribution < 1.29 is 30.0 Å². The summed E-state index contributed by atoms with van der Waals surface area (Å²) in [7, 11) is 0. The van der Waals surface area contributed by atoms with Gasteiger partial charge in [-0.05, 0) is 6.42 Å². The van der Waals surface area contributed by atoms with Gasteiger partial charge in [-0.25, -0.2) is 0 Å². The van der Waals surface area contributed by atoms with Crippen molar-refractivity contribution in [1.29, 1.82) is 0 Å². The fourth-order valence-electron chi connectivity index (χ4n) is 0.686. The van der Waals surface area contributed by atoms with Crippen LogP contribution in [0.15, 0.2) is 0 Å². The van der Waals surface area contributed by atoms with Crippen LogP contribution in [0.2, 0.25) is 0 Å². The summed E-state index contributed by atoms with van der Waals surface area (Å²) < 4.78 is 0. The summed E-state index contributed by atoms with van der Waals surface area (Å²) in [5.41, 5.74) is 5.00. The number of nitrogens with two attached hydrogens (primary N) is 1. The molecule has 0 aromatic carbocycles. The van der Waals surface area contributed by atoms with Gasteiger partial charge in [-0.2, -0.15) is 0 Å². The number of carboxylic acids is 2. The van der Waals surface area contributed by atoms with E-state index in [1.54, 1.807) is 0 Å². The van der Waals surface area contributed by atoms with Gasteiger partial charge in [0.15, 0.2) is 0 Å². The molecular weight excluding hydrogens is 232 g/mol. The smallest absolute Gasteiger partial charge is 0.320 e. The minimum Gasteiger partial charge on any atom is -0.481 e. The Morgan fingerprint density at radius 3 is 1.88 bits per heavy atom. The second-order valence-corrected chi connectivity index (χ2v) is 3.07. The van der Waals surface area contributed by atoms with Crippen molar-refractivity contribution in [2.24, 2.45) is 5.73 Å². The van der Waals surface area contributed by atoms with Crippen LogP contribution in [-0.2, 0) is 9.59 Å². The van der Waals surface area contributed by atoms with Gasteiger partial charge in [0.25, 0.3) is 0 Å². The number of aliphatic carboxylic acids is 2. The van der Waals surface area contributed by atoms with Crippen LogP contribution in [-0.4, -0.2) is 64.7 Å². The maximum atomic E-state index is 9.99. The highest BCUT2D eigenvalue weighted by Gasteiger charge is 2.12. The first kappa shape index (κ1) is 18.2. The molecular formula is C9H20N2O6. The van der Waals surface area contributed by atoms with Gasteiger partial charge in [0, 0.05) is 19.5 Å². The Hall–Kier alpha value is -1.22. The Kier molecular flexibility index (Phi) is 13.7. The van der Waals surface area contributed by atoms with E-state index < -0.39 is 18.0 Å². The SMILES string of the molecule is NC(CCC(=O)O)C(=O)O.OCCNCCO. The van der Waals surface area contributed by atoms with Gasteiger partial charge >= 0.3 is 11.9 Å². The first-order chi connectivity index (χ1) is 7.95. The van der Waals surface area contributed by atoms with Crippen LogP contribution in [0.4, 0.5) is 0 Å². The van der Waals surface area contributed by atoms with Crippen LogP contribution in [0.25, 0.3) is 0 Å². The molecule has 0 aromatic heterocycles. The number of hydrogen-bond donors (Lipinski definition) is 6. The quantitative estimate of drug-likeness (QED) is 0.267. The molecule has 0 aliphatic heterocycles. The molecule has 17 heavy (non-hydrogen) atoms. The molecule has 0 rings (SSSR count). The maximum Gasteiger partial charge on any atom is 0.320 e. The number of aliphatic hydroxyl groups excluding tert-OH is 2. The molecule has 7 N–H and O–H groups in total. The van der Waals surface area contributed by atoms with E-state index in [0.29, 0.717) is 13.1 Å².